The predicted octanol–water partition coefficient (Wildman–Crippen LogP) is 3.84. The minimum absolute atomic E-state index is 0.0399. The number of hydrogen-bond acceptors (Lipinski definition) is 6. The van der Waals surface area contributed by atoms with Crippen molar-refractivity contribution < 1.29 is 23.9 Å². The molecule has 2 aromatic rings. The summed E-state index contributed by atoms with van der Waals surface area (Å²) in [4.78, 5) is 43.3. The number of aromatic nitrogens is 1. The van der Waals surface area contributed by atoms with Gasteiger partial charge in [0.05, 0.1) is 5.69 Å². The van der Waals surface area contributed by atoms with Gasteiger partial charge in [-0.2, -0.15) is 0 Å². The summed E-state index contributed by atoms with van der Waals surface area (Å²) in [6.45, 7) is 6.31. The molecule has 1 aromatic carbocycles. The number of benzene rings is 1. The lowest BCUT2D eigenvalue weighted by Gasteiger charge is -2.43. The van der Waals surface area contributed by atoms with Crippen LogP contribution in [0.15, 0.2) is 48.7 Å². The first kappa shape index (κ1) is 23.7. The van der Waals surface area contributed by atoms with Gasteiger partial charge in [0.15, 0.2) is 0 Å². The number of hydrogen-bond donors (Lipinski definition) is 1. The van der Waals surface area contributed by atoms with E-state index in [4.69, 9.17) is 9.47 Å². The number of pyridine rings is 1. The van der Waals surface area contributed by atoms with Crippen molar-refractivity contribution >= 4 is 17.9 Å². The van der Waals surface area contributed by atoms with Crippen molar-refractivity contribution in [3.05, 3.63) is 59.9 Å². The van der Waals surface area contributed by atoms with Crippen LogP contribution in [-0.2, 0) is 27.5 Å². The van der Waals surface area contributed by atoms with Gasteiger partial charge in [-0.1, -0.05) is 39.0 Å². The average Bonchev–Trinajstić information content (AvgIpc) is 2.99. The normalized spacial score (nSPS) is 23.6. The van der Waals surface area contributed by atoms with E-state index in [9.17, 15) is 14.4 Å². The topological polar surface area (TPSA) is 97.8 Å². The third-order valence-corrected chi connectivity index (χ3v) is 6.35. The fourth-order valence-corrected chi connectivity index (χ4v) is 5.31. The molecule has 1 aliphatic carbocycles. The van der Waals surface area contributed by atoms with E-state index in [0.717, 1.165) is 22.6 Å². The molecule has 0 bridgehead atoms. The molecule has 1 saturated carbocycles. The van der Waals surface area contributed by atoms with Crippen molar-refractivity contribution in [2.75, 3.05) is 6.54 Å². The van der Waals surface area contributed by atoms with Crippen LogP contribution >= 0.6 is 0 Å². The van der Waals surface area contributed by atoms with E-state index in [0.29, 0.717) is 31.1 Å². The second-order valence-corrected chi connectivity index (χ2v) is 10.2. The summed E-state index contributed by atoms with van der Waals surface area (Å²) in [5.74, 6) is 0.0217. The highest BCUT2D eigenvalue weighted by Gasteiger charge is 2.56. The second-order valence-electron chi connectivity index (χ2n) is 10.2. The van der Waals surface area contributed by atoms with E-state index < -0.39 is 24.1 Å². The molecule has 2 atom stereocenters. The Morgan fingerprint density at radius 2 is 1.88 bits per heavy atom. The summed E-state index contributed by atoms with van der Waals surface area (Å²) in [6, 6.07) is 12.3. The van der Waals surface area contributed by atoms with Crippen molar-refractivity contribution in [2.24, 2.45) is 11.3 Å². The third kappa shape index (κ3) is 5.38. The van der Waals surface area contributed by atoms with Gasteiger partial charge in [-0.25, -0.2) is 4.79 Å². The van der Waals surface area contributed by atoms with Crippen LogP contribution in [0.25, 0.3) is 0 Å². The standard InChI is InChI=1S/C26H31N3O5/c1-18-12-25(2,3)17-26(13-18)23(31)29(24(32)28-26)14-22(30)34-15-19-7-9-21(10-8-19)33-16-20-6-4-5-11-27-20/h4-11,18H,12-17H2,1-3H3,(H,28,32). The zero-order valence-electron chi connectivity index (χ0n) is 19.9. The number of carbonyl (C=O) groups is 3. The van der Waals surface area contributed by atoms with Gasteiger partial charge in [-0.15, -0.1) is 0 Å². The molecular weight excluding hydrogens is 434 g/mol. The van der Waals surface area contributed by atoms with Crippen molar-refractivity contribution in [3.8, 4) is 5.75 Å². The maximum Gasteiger partial charge on any atom is 0.326 e. The lowest BCUT2D eigenvalue weighted by atomic mass is 9.64. The number of carbonyl (C=O) groups excluding carboxylic acids is 3. The Morgan fingerprint density at radius 3 is 2.56 bits per heavy atom. The van der Waals surface area contributed by atoms with Crippen LogP contribution in [-0.4, -0.2) is 39.9 Å². The van der Waals surface area contributed by atoms with E-state index >= 15 is 0 Å². The highest BCUT2D eigenvalue weighted by atomic mass is 16.5. The molecule has 180 valence electrons. The molecule has 1 saturated heterocycles. The molecule has 2 aliphatic rings. The zero-order valence-corrected chi connectivity index (χ0v) is 19.9. The maximum absolute atomic E-state index is 13.2. The molecule has 2 fully saturated rings. The summed E-state index contributed by atoms with van der Waals surface area (Å²) < 4.78 is 11.0. The molecule has 34 heavy (non-hydrogen) atoms. The Hall–Kier alpha value is -3.42. The quantitative estimate of drug-likeness (QED) is 0.493. The molecule has 1 aliphatic heterocycles. The van der Waals surface area contributed by atoms with Gasteiger partial charge in [0.25, 0.3) is 5.91 Å². The highest BCUT2D eigenvalue weighted by molar-refractivity contribution is 6.08. The maximum atomic E-state index is 13.2. The smallest absolute Gasteiger partial charge is 0.326 e. The Bertz CT molecular complexity index is 1050. The zero-order chi connectivity index (χ0) is 24.3. The molecular formula is C26H31N3O5. The van der Waals surface area contributed by atoms with Gasteiger partial charge in [0, 0.05) is 6.20 Å². The van der Waals surface area contributed by atoms with E-state index in [1.54, 1.807) is 30.5 Å². The largest absolute Gasteiger partial charge is 0.487 e. The lowest BCUT2D eigenvalue weighted by Crippen LogP contribution is -2.54. The Morgan fingerprint density at radius 1 is 1.12 bits per heavy atom. The fraction of sp³-hybridized carbons (Fsp3) is 0.462. The number of ether oxygens (including phenoxy) is 2. The molecule has 8 nitrogen and oxygen atoms in total. The molecule has 1 spiro atoms. The Balaban J connectivity index is 1.28. The minimum Gasteiger partial charge on any atom is -0.487 e. The van der Waals surface area contributed by atoms with Crippen LogP contribution < -0.4 is 10.1 Å². The van der Waals surface area contributed by atoms with Crippen molar-refractivity contribution in [2.45, 2.75) is 58.8 Å². The van der Waals surface area contributed by atoms with Crippen LogP contribution in [0.2, 0.25) is 0 Å². The summed E-state index contributed by atoms with van der Waals surface area (Å²) in [7, 11) is 0. The van der Waals surface area contributed by atoms with Gasteiger partial charge in [0.1, 0.15) is 31.0 Å². The number of rotatable bonds is 7. The van der Waals surface area contributed by atoms with Crippen LogP contribution in [0.3, 0.4) is 0 Å². The Labute approximate surface area is 199 Å². The number of nitrogens with zero attached hydrogens (tertiary/aromatic N) is 2. The summed E-state index contributed by atoms with van der Waals surface area (Å²) >= 11 is 0. The van der Waals surface area contributed by atoms with Crippen molar-refractivity contribution in [1.29, 1.82) is 0 Å². The lowest BCUT2D eigenvalue weighted by molar-refractivity contribution is -0.149. The number of nitrogens with one attached hydrogen (secondary N) is 1. The second kappa shape index (κ2) is 9.44. The summed E-state index contributed by atoms with van der Waals surface area (Å²) in [6.07, 6.45) is 3.86. The van der Waals surface area contributed by atoms with Gasteiger partial charge in [-0.3, -0.25) is 19.5 Å². The molecule has 0 radical (unpaired) electrons. The van der Waals surface area contributed by atoms with Gasteiger partial charge in [0.2, 0.25) is 0 Å². The van der Waals surface area contributed by atoms with Crippen LogP contribution in [0, 0.1) is 11.3 Å². The third-order valence-electron chi connectivity index (χ3n) is 6.35. The molecule has 2 heterocycles. The minimum atomic E-state index is -0.927. The first-order valence-electron chi connectivity index (χ1n) is 11.6. The first-order chi connectivity index (χ1) is 16.2. The van der Waals surface area contributed by atoms with Crippen LogP contribution in [0.5, 0.6) is 5.75 Å². The molecule has 8 heteroatoms. The molecule has 4 rings (SSSR count). The Kier molecular flexibility index (Phi) is 6.59. The highest BCUT2D eigenvalue weighted by Crippen LogP contribution is 2.46. The molecule has 1 N–H and O–H groups in total. The number of amides is 3. The average molecular weight is 466 g/mol. The van der Waals surface area contributed by atoms with E-state index in [-0.39, 0.29) is 17.9 Å². The van der Waals surface area contributed by atoms with Gasteiger partial charge >= 0.3 is 12.0 Å². The molecule has 1 aromatic heterocycles. The molecule has 2 unspecified atom stereocenters. The first-order valence-corrected chi connectivity index (χ1v) is 11.6. The SMILES string of the molecule is CC1CC(C)(C)CC2(C1)NC(=O)N(CC(=O)OCc1ccc(OCc3ccccn3)cc1)C2=O. The van der Waals surface area contributed by atoms with Crippen LogP contribution in [0.4, 0.5) is 4.79 Å². The van der Waals surface area contributed by atoms with Crippen LogP contribution in [0.1, 0.15) is 51.3 Å². The van der Waals surface area contributed by atoms with Gasteiger partial charge in [-0.05, 0) is 60.4 Å². The summed E-state index contributed by atoms with van der Waals surface area (Å²) in [5, 5.41) is 2.88. The van der Waals surface area contributed by atoms with E-state index in [1.165, 1.54) is 0 Å². The molecule has 3 amide bonds. The predicted molar refractivity (Wildman–Crippen MR) is 125 cm³/mol. The number of imide groups is 1. The number of urea groups is 1. The van der Waals surface area contributed by atoms with Crippen molar-refractivity contribution in [1.82, 2.24) is 15.2 Å². The fourth-order valence-electron chi connectivity index (χ4n) is 5.31. The number of esters is 1. The summed E-state index contributed by atoms with van der Waals surface area (Å²) in [5.41, 5.74) is 0.609. The van der Waals surface area contributed by atoms with E-state index in [1.807, 2.05) is 18.2 Å². The van der Waals surface area contributed by atoms with Crippen molar-refractivity contribution in [3.63, 3.8) is 0 Å². The van der Waals surface area contributed by atoms with Gasteiger partial charge < -0.3 is 14.8 Å². The monoisotopic (exact) mass is 465 g/mol. The van der Waals surface area contributed by atoms with E-state index in [2.05, 4.69) is 31.1 Å².